The van der Waals surface area contributed by atoms with Crippen molar-refractivity contribution in [2.75, 3.05) is 20.1 Å². The maximum absolute atomic E-state index is 12.5. The normalized spacial score (nSPS) is 23.8. The number of Topliss-reactive ketones (excluding diaryl/α,β-unsaturated/α-hetero) is 1. The van der Waals surface area contributed by atoms with Crippen LogP contribution in [0.4, 0.5) is 0 Å². The van der Waals surface area contributed by atoms with Crippen molar-refractivity contribution >= 4 is 29.3 Å². The fraction of sp³-hybridized carbons (Fsp3) is 0.522. The summed E-state index contributed by atoms with van der Waals surface area (Å²) in [7, 11) is 1.87. The van der Waals surface area contributed by atoms with Crippen LogP contribution in [0.5, 0.6) is 0 Å². The Bertz CT molecular complexity index is 942. The van der Waals surface area contributed by atoms with Crippen LogP contribution in [0.2, 0.25) is 5.02 Å². The Morgan fingerprint density at radius 1 is 1.32 bits per heavy atom. The minimum atomic E-state index is -1.13. The number of ketones is 1. The van der Waals surface area contributed by atoms with E-state index in [0.29, 0.717) is 42.1 Å². The second-order valence-electron chi connectivity index (χ2n) is 8.63. The second kappa shape index (κ2) is 9.10. The third kappa shape index (κ3) is 4.27. The first kappa shape index (κ1) is 23.4. The van der Waals surface area contributed by atoms with E-state index in [1.54, 1.807) is 13.0 Å². The Morgan fingerprint density at radius 2 is 2.00 bits per heavy atom. The molecule has 0 radical (unpaired) electrons. The molecule has 0 aliphatic carbocycles. The molecule has 168 valence electrons. The molecule has 7 nitrogen and oxygen atoms in total. The van der Waals surface area contributed by atoms with E-state index in [9.17, 15) is 24.6 Å². The van der Waals surface area contributed by atoms with Crippen molar-refractivity contribution in [1.29, 1.82) is 0 Å². The lowest BCUT2D eigenvalue weighted by atomic mass is 9.77. The van der Waals surface area contributed by atoms with Gasteiger partial charge in [0.2, 0.25) is 5.91 Å². The van der Waals surface area contributed by atoms with Crippen LogP contribution in [0.1, 0.15) is 42.6 Å². The minimum Gasteiger partial charge on any atom is -0.477 e. The number of carbonyl (C=O) groups excluding carboxylic acids is 2. The van der Waals surface area contributed by atoms with Gasteiger partial charge < -0.3 is 20.0 Å². The van der Waals surface area contributed by atoms with Gasteiger partial charge >= 0.3 is 5.97 Å². The van der Waals surface area contributed by atoms with E-state index in [0.717, 1.165) is 5.56 Å². The number of aliphatic hydroxyl groups excluding tert-OH is 1. The minimum absolute atomic E-state index is 0.0173. The number of fused-ring (bicyclic) bond motifs is 1. The monoisotopic (exact) mass is 448 g/mol. The van der Waals surface area contributed by atoms with E-state index in [4.69, 9.17) is 11.6 Å². The number of carboxylic acid groups (broad SMARTS) is 1. The molecule has 0 aromatic heterocycles. The summed E-state index contributed by atoms with van der Waals surface area (Å²) in [5, 5.41) is 20.1. The molecule has 4 atom stereocenters. The van der Waals surface area contributed by atoms with Crippen LogP contribution in [0.25, 0.3) is 0 Å². The van der Waals surface area contributed by atoms with Gasteiger partial charge in [-0.1, -0.05) is 30.7 Å². The van der Waals surface area contributed by atoms with Gasteiger partial charge in [0, 0.05) is 24.4 Å². The fourth-order valence-corrected chi connectivity index (χ4v) is 4.96. The van der Waals surface area contributed by atoms with Gasteiger partial charge in [0.1, 0.15) is 5.70 Å². The predicted molar refractivity (Wildman–Crippen MR) is 117 cm³/mol. The van der Waals surface area contributed by atoms with E-state index < -0.39 is 18.0 Å². The molecule has 0 saturated carbocycles. The van der Waals surface area contributed by atoms with Crippen molar-refractivity contribution in [3.05, 3.63) is 45.6 Å². The molecule has 1 saturated heterocycles. The van der Waals surface area contributed by atoms with Crippen molar-refractivity contribution in [2.45, 2.75) is 45.8 Å². The third-order valence-electron chi connectivity index (χ3n) is 6.39. The van der Waals surface area contributed by atoms with E-state index in [1.165, 1.54) is 4.90 Å². The molecule has 3 rings (SSSR count). The molecule has 1 aromatic rings. The summed E-state index contributed by atoms with van der Waals surface area (Å²) in [6.45, 7) is 6.31. The highest BCUT2D eigenvalue weighted by molar-refractivity contribution is 6.34. The van der Waals surface area contributed by atoms with Crippen molar-refractivity contribution in [1.82, 2.24) is 9.80 Å². The first-order valence-electron chi connectivity index (χ1n) is 10.5. The quantitative estimate of drug-likeness (QED) is 0.445. The van der Waals surface area contributed by atoms with Crippen LogP contribution in [0, 0.1) is 18.8 Å². The molecular weight excluding hydrogens is 420 g/mol. The maximum Gasteiger partial charge on any atom is 0.352 e. The van der Waals surface area contributed by atoms with Crippen LogP contribution in [0.15, 0.2) is 29.5 Å². The van der Waals surface area contributed by atoms with Gasteiger partial charge in [-0.05, 0) is 51.1 Å². The van der Waals surface area contributed by atoms with Crippen LogP contribution in [-0.2, 0) is 9.59 Å². The van der Waals surface area contributed by atoms with Crippen LogP contribution >= 0.6 is 11.6 Å². The number of benzene rings is 1. The topological polar surface area (TPSA) is 98.2 Å². The molecule has 2 N–H and O–H groups in total. The van der Waals surface area contributed by atoms with Crippen molar-refractivity contribution in [3.63, 3.8) is 0 Å². The summed E-state index contributed by atoms with van der Waals surface area (Å²) in [6.07, 6.45) is 0.125. The number of carboxylic acids is 1. The molecule has 31 heavy (non-hydrogen) atoms. The Hall–Kier alpha value is -2.22. The average molecular weight is 449 g/mol. The molecule has 2 aliphatic heterocycles. The number of nitrogens with zero attached hydrogens (tertiary/aromatic N) is 2. The summed E-state index contributed by atoms with van der Waals surface area (Å²) in [5.41, 5.74) is 2.11. The third-order valence-corrected chi connectivity index (χ3v) is 6.90. The lowest BCUT2D eigenvalue weighted by molar-refractivity contribution is -0.163. The lowest BCUT2D eigenvalue weighted by Crippen LogP contribution is -2.63. The molecule has 8 heteroatoms. The summed E-state index contributed by atoms with van der Waals surface area (Å²) < 4.78 is 0. The van der Waals surface area contributed by atoms with E-state index in [-0.39, 0.29) is 29.3 Å². The Morgan fingerprint density at radius 3 is 2.61 bits per heavy atom. The highest BCUT2D eigenvalue weighted by atomic mass is 35.5. The number of aryl methyl sites for hydroxylation is 1. The predicted octanol–water partition coefficient (Wildman–Crippen LogP) is 2.74. The Balaban J connectivity index is 1.63. The molecule has 0 bridgehead atoms. The molecule has 2 heterocycles. The van der Waals surface area contributed by atoms with Crippen molar-refractivity contribution in [2.24, 2.45) is 11.8 Å². The molecule has 0 spiro atoms. The molecule has 1 aromatic carbocycles. The number of hydrogen-bond donors (Lipinski definition) is 2. The Labute approximate surface area is 187 Å². The summed E-state index contributed by atoms with van der Waals surface area (Å²) in [4.78, 5) is 40.1. The zero-order valence-electron chi connectivity index (χ0n) is 18.3. The number of halogens is 1. The van der Waals surface area contributed by atoms with Gasteiger partial charge in [-0.3, -0.25) is 9.59 Å². The summed E-state index contributed by atoms with van der Waals surface area (Å²) in [5.74, 6) is -2.19. The van der Waals surface area contributed by atoms with E-state index >= 15 is 0 Å². The number of aliphatic hydroxyl groups is 1. The summed E-state index contributed by atoms with van der Waals surface area (Å²) in [6, 6.07) is 5.09. The van der Waals surface area contributed by atoms with Crippen LogP contribution in [0.3, 0.4) is 0 Å². The number of hydrogen-bond acceptors (Lipinski definition) is 5. The average Bonchev–Trinajstić information content (AvgIpc) is 2.92. The van der Waals surface area contributed by atoms with Gasteiger partial charge in [0.15, 0.2) is 5.78 Å². The SMILES string of the molecule is Cc1cccc(C(=O)CCCN(C)CC2=C(C(=O)O)N3C(=O)[C@H]([C@@H](C)O)[C@H]3[C@H]2C)c1Cl. The second-order valence-corrected chi connectivity index (χ2v) is 9.01. The number of rotatable bonds is 9. The zero-order valence-corrected chi connectivity index (χ0v) is 19.0. The molecule has 2 aliphatic rings. The summed E-state index contributed by atoms with van der Waals surface area (Å²) >= 11 is 6.24. The molecule has 1 amide bonds. The van der Waals surface area contributed by atoms with Gasteiger partial charge in [-0.25, -0.2) is 4.79 Å². The number of likely N-dealkylation sites (N-methyl/N-ethyl adjacent to an activating group) is 1. The maximum atomic E-state index is 12.5. The standard InChI is InChI=1S/C23H29ClN2O5/c1-12-7-5-8-15(19(12)24)17(28)9-6-10-25(4)11-16-13(2)20-18(14(3)27)22(29)26(20)21(16)23(30)31/h5,7-8,13-14,18,20,27H,6,9-11H2,1-4H3,(H,30,31)/t13-,14+,18+,20+/m0/s1. The highest BCUT2D eigenvalue weighted by Crippen LogP contribution is 2.47. The smallest absolute Gasteiger partial charge is 0.352 e. The number of amides is 1. The first-order chi connectivity index (χ1) is 14.6. The van der Waals surface area contributed by atoms with Gasteiger partial charge in [0.25, 0.3) is 0 Å². The lowest BCUT2D eigenvalue weighted by Gasteiger charge is -2.46. The molecular formula is C23H29ClN2O5. The largest absolute Gasteiger partial charge is 0.477 e. The van der Waals surface area contributed by atoms with Gasteiger partial charge in [0.05, 0.1) is 23.1 Å². The zero-order chi connectivity index (χ0) is 23.0. The van der Waals surface area contributed by atoms with Crippen molar-refractivity contribution < 1.29 is 24.6 Å². The fourth-order valence-electron chi connectivity index (χ4n) is 4.73. The Kier molecular flexibility index (Phi) is 6.88. The number of aliphatic carboxylic acids is 1. The van der Waals surface area contributed by atoms with Crippen LogP contribution < -0.4 is 0 Å². The van der Waals surface area contributed by atoms with Gasteiger partial charge in [-0.15, -0.1) is 0 Å². The molecule has 1 fully saturated rings. The first-order valence-corrected chi connectivity index (χ1v) is 10.9. The van der Waals surface area contributed by atoms with Gasteiger partial charge in [-0.2, -0.15) is 0 Å². The highest BCUT2D eigenvalue weighted by Gasteiger charge is 2.59. The van der Waals surface area contributed by atoms with Crippen LogP contribution in [-0.4, -0.2) is 70.0 Å². The van der Waals surface area contributed by atoms with E-state index in [2.05, 4.69) is 0 Å². The number of β-lactam (4-membered cyclic amide) rings is 1. The van der Waals surface area contributed by atoms with Crippen molar-refractivity contribution in [3.8, 4) is 0 Å². The number of carbonyl (C=O) groups is 3. The molecule has 0 unspecified atom stereocenters. The van der Waals surface area contributed by atoms with E-state index in [1.807, 2.05) is 37.9 Å².